The molecule has 0 aromatic heterocycles. The summed E-state index contributed by atoms with van der Waals surface area (Å²) in [5, 5.41) is 43.6. The van der Waals surface area contributed by atoms with E-state index in [1.807, 2.05) is 6.07 Å². The number of aliphatic hydroxyl groups is 1. The molecule has 0 radical (unpaired) electrons. The van der Waals surface area contributed by atoms with Crippen molar-refractivity contribution in [3.05, 3.63) is 17.2 Å². The van der Waals surface area contributed by atoms with Gasteiger partial charge >= 0.3 is 5.97 Å². The Kier molecular flexibility index (Phi) is 5.89. The van der Waals surface area contributed by atoms with Gasteiger partial charge in [-0.2, -0.15) is 0 Å². The highest BCUT2D eigenvalue weighted by atomic mass is 32.2. The summed E-state index contributed by atoms with van der Waals surface area (Å²) in [5.41, 5.74) is 1.80. The lowest BCUT2D eigenvalue weighted by Crippen LogP contribution is -2.44. The van der Waals surface area contributed by atoms with E-state index in [4.69, 9.17) is 0 Å². The number of amides is 1. The molecule has 31 heavy (non-hydrogen) atoms. The monoisotopic (exact) mass is 449 g/mol. The van der Waals surface area contributed by atoms with Crippen molar-refractivity contribution in [2.24, 2.45) is 17.3 Å². The minimum absolute atomic E-state index is 0.0394. The molecule has 4 rings (SSSR count). The SMILES string of the molecule is CC(=O)N[C@@H](CSc1cc2c(c(O)c1O)CC[C@@H]1[C@@H]2CC[C@]2(C)[C@@H](O)CC[C@@H]12)C(=O)O. The maximum atomic E-state index is 11.4. The van der Waals surface area contributed by atoms with Crippen molar-refractivity contribution in [3.63, 3.8) is 0 Å². The zero-order chi connectivity index (χ0) is 22.5. The summed E-state index contributed by atoms with van der Waals surface area (Å²) < 4.78 is 0. The van der Waals surface area contributed by atoms with Gasteiger partial charge in [0.15, 0.2) is 11.5 Å². The van der Waals surface area contributed by atoms with Crippen molar-refractivity contribution in [2.75, 3.05) is 5.75 Å². The Morgan fingerprint density at radius 2 is 1.97 bits per heavy atom. The third-order valence-corrected chi connectivity index (χ3v) is 9.10. The Morgan fingerprint density at radius 1 is 1.23 bits per heavy atom. The van der Waals surface area contributed by atoms with Gasteiger partial charge < -0.3 is 25.7 Å². The van der Waals surface area contributed by atoms with Crippen molar-refractivity contribution in [1.29, 1.82) is 0 Å². The molecule has 1 aromatic rings. The second-order valence-corrected chi connectivity index (χ2v) is 10.7. The van der Waals surface area contributed by atoms with Crippen LogP contribution < -0.4 is 5.32 Å². The summed E-state index contributed by atoms with van der Waals surface area (Å²) in [5.74, 6) is -0.691. The molecule has 7 nitrogen and oxygen atoms in total. The summed E-state index contributed by atoms with van der Waals surface area (Å²) >= 11 is 1.13. The summed E-state index contributed by atoms with van der Waals surface area (Å²) in [6, 6.07) is 0.829. The summed E-state index contributed by atoms with van der Waals surface area (Å²) in [6.45, 7) is 3.48. The number of aliphatic carboxylic acids is 1. The fraction of sp³-hybridized carbons (Fsp3) is 0.652. The predicted octanol–water partition coefficient (Wildman–Crippen LogP) is 3.00. The number of phenols is 2. The van der Waals surface area contributed by atoms with Crippen LogP contribution in [0.15, 0.2) is 11.0 Å². The third-order valence-electron chi connectivity index (χ3n) is 7.97. The van der Waals surface area contributed by atoms with Crippen LogP contribution in [-0.2, 0) is 16.0 Å². The first kappa shape index (κ1) is 22.3. The highest BCUT2D eigenvalue weighted by molar-refractivity contribution is 7.99. The molecule has 0 bridgehead atoms. The van der Waals surface area contributed by atoms with E-state index in [1.165, 1.54) is 6.92 Å². The van der Waals surface area contributed by atoms with Crippen LogP contribution in [0.1, 0.15) is 63.0 Å². The first-order chi connectivity index (χ1) is 14.6. The molecule has 170 valence electrons. The van der Waals surface area contributed by atoms with Crippen LogP contribution in [0.25, 0.3) is 0 Å². The quantitative estimate of drug-likeness (QED) is 0.345. The number of thioether (sulfide) groups is 1. The zero-order valence-corrected chi connectivity index (χ0v) is 18.7. The van der Waals surface area contributed by atoms with Gasteiger partial charge in [-0.1, -0.05) is 6.92 Å². The lowest BCUT2D eigenvalue weighted by molar-refractivity contribution is -0.140. The van der Waals surface area contributed by atoms with Crippen molar-refractivity contribution >= 4 is 23.6 Å². The molecule has 6 atom stereocenters. The van der Waals surface area contributed by atoms with Gasteiger partial charge in [0.25, 0.3) is 0 Å². The molecule has 5 N–H and O–H groups in total. The number of hydrogen-bond acceptors (Lipinski definition) is 6. The van der Waals surface area contributed by atoms with Gasteiger partial charge in [-0.15, -0.1) is 11.8 Å². The molecular weight excluding hydrogens is 418 g/mol. The van der Waals surface area contributed by atoms with Crippen molar-refractivity contribution in [3.8, 4) is 11.5 Å². The molecular formula is C23H31NO6S. The topological polar surface area (TPSA) is 127 Å². The number of carboxylic acid groups (broad SMARTS) is 1. The lowest BCUT2D eigenvalue weighted by Gasteiger charge is -2.50. The van der Waals surface area contributed by atoms with Gasteiger partial charge in [-0.25, -0.2) is 4.79 Å². The van der Waals surface area contributed by atoms with E-state index in [1.54, 1.807) is 0 Å². The largest absolute Gasteiger partial charge is 0.504 e. The molecule has 1 aromatic carbocycles. The maximum absolute atomic E-state index is 11.4. The third kappa shape index (κ3) is 3.78. The van der Waals surface area contributed by atoms with Gasteiger partial charge in [-0.3, -0.25) is 4.79 Å². The highest BCUT2D eigenvalue weighted by Gasteiger charge is 2.54. The Hall–Kier alpha value is -1.93. The van der Waals surface area contributed by atoms with E-state index < -0.39 is 17.9 Å². The van der Waals surface area contributed by atoms with Crippen LogP contribution in [0.2, 0.25) is 0 Å². The minimum Gasteiger partial charge on any atom is -0.504 e. The zero-order valence-electron chi connectivity index (χ0n) is 17.9. The summed E-state index contributed by atoms with van der Waals surface area (Å²) in [6.07, 6.45) is 5.12. The molecule has 3 aliphatic carbocycles. The smallest absolute Gasteiger partial charge is 0.327 e. The number of hydrogen-bond donors (Lipinski definition) is 5. The van der Waals surface area contributed by atoms with E-state index >= 15 is 0 Å². The second kappa shape index (κ2) is 8.20. The number of carbonyl (C=O) groups excluding carboxylic acids is 1. The number of carboxylic acids is 1. The fourth-order valence-electron chi connectivity index (χ4n) is 6.35. The molecule has 2 fully saturated rings. The molecule has 1 amide bonds. The van der Waals surface area contributed by atoms with Crippen LogP contribution in [0.3, 0.4) is 0 Å². The molecule has 8 heteroatoms. The lowest BCUT2D eigenvalue weighted by atomic mass is 9.55. The fourth-order valence-corrected chi connectivity index (χ4v) is 7.37. The second-order valence-electron chi connectivity index (χ2n) is 9.60. The van der Waals surface area contributed by atoms with Crippen molar-refractivity contribution in [1.82, 2.24) is 5.32 Å². The Balaban J connectivity index is 1.61. The van der Waals surface area contributed by atoms with E-state index in [2.05, 4.69) is 12.2 Å². The number of rotatable bonds is 5. The average molecular weight is 450 g/mol. The summed E-state index contributed by atoms with van der Waals surface area (Å²) in [7, 11) is 0. The molecule has 0 saturated heterocycles. The standard InChI is InChI=1S/C23H31NO6S/c1-11(25)24-17(22(29)30)10-31-18-9-15-12-7-8-23(2)16(5-6-19(23)26)13(12)3-4-14(15)20(27)21(18)28/h9,12-13,16-17,19,26-28H,3-8,10H2,1-2H3,(H,24,25)(H,29,30)/t12-,13+,16-,17-,19-,23-/m0/s1. The van der Waals surface area contributed by atoms with E-state index in [0.29, 0.717) is 23.2 Å². The molecule has 0 heterocycles. The first-order valence-corrected chi connectivity index (χ1v) is 12.0. The number of aliphatic hydroxyl groups excluding tert-OH is 1. The molecule has 3 aliphatic rings. The van der Waals surface area contributed by atoms with Gasteiger partial charge in [0.2, 0.25) is 5.91 Å². The van der Waals surface area contributed by atoms with Crippen molar-refractivity contribution in [2.45, 2.75) is 75.3 Å². The molecule has 0 aliphatic heterocycles. The molecule has 0 unspecified atom stereocenters. The Bertz CT molecular complexity index is 905. The number of phenolic OH excluding ortho intramolecular Hbond substituents is 2. The van der Waals surface area contributed by atoms with Gasteiger partial charge in [0.05, 0.1) is 11.0 Å². The predicted molar refractivity (Wildman–Crippen MR) is 116 cm³/mol. The Morgan fingerprint density at radius 3 is 2.65 bits per heavy atom. The van der Waals surface area contributed by atoms with Crippen LogP contribution in [0.4, 0.5) is 0 Å². The number of carbonyl (C=O) groups is 2. The van der Waals surface area contributed by atoms with Gasteiger partial charge in [0, 0.05) is 18.2 Å². The summed E-state index contributed by atoms with van der Waals surface area (Å²) in [4.78, 5) is 23.2. The van der Waals surface area contributed by atoms with Gasteiger partial charge in [-0.05, 0) is 73.3 Å². The Labute approximate surface area is 186 Å². The van der Waals surface area contributed by atoms with E-state index in [9.17, 15) is 30.0 Å². The normalized spacial score (nSPS) is 32.5. The average Bonchev–Trinajstić information content (AvgIpc) is 3.02. The molecule has 2 saturated carbocycles. The number of aromatic hydroxyl groups is 2. The van der Waals surface area contributed by atoms with Crippen molar-refractivity contribution < 1.29 is 30.0 Å². The highest BCUT2D eigenvalue weighted by Crippen LogP contribution is 2.62. The minimum atomic E-state index is -1.14. The van der Waals surface area contributed by atoms with Crippen LogP contribution in [-0.4, -0.2) is 50.2 Å². The van der Waals surface area contributed by atoms with Crippen LogP contribution in [0, 0.1) is 17.3 Å². The van der Waals surface area contributed by atoms with E-state index in [0.717, 1.165) is 55.0 Å². The van der Waals surface area contributed by atoms with Crippen LogP contribution >= 0.6 is 11.8 Å². The number of benzene rings is 1. The first-order valence-electron chi connectivity index (χ1n) is 11.0. The van der Waals surface area contributed by atoms with Crippen LogP contribution in [0.5, 0.6) is 11.5 Å². The molecule has 0 spiro atoms. The number of fused-ring (bicyclic) bond motifs is 5. The number of nitrogens with one attached hydrogen (secondary N) is 1. The van der Waals surface area contributed by atoms with Gasteiger partial charge in [0.1, 0.15) is 6.04 Å². The van der Waals surface area contributed by atoms with E-state index in [-0.39, 0.29) is 34.7 Å². The maximum Gasteiger partial charge on any atom is 0.327 e.